The van der Waals surface area contributed by atoms with Gasteiger partial charge in [-0.3, -0.25) is 4.79 Å². The van der Waals surface area contributed by atoms with Crippen molar-refractivity contribution in [3.05, 3.63) is 134 Å². The van der Waals surface area contributed by atoms with E-state index in [4.69, 9.17) is 4.74 Å². The zero-order valence-electron chi connectivity index (χ0n) is 19.5. The number of hydrogen-bond donors (Lipinski definition) is 2. The number of nitrogens with zero attached hydrogens (tertiary/aromatic N) is 1. The first-order valence-corrected chi connectivity index (χ1v) is 12.8. The molecule has 36 heavy (non-hydrogen) atoms. The smallest absolute Gasteiger partial charge is 0.281 e. The van der Waals surface area contributed by atoms with Crippen molar-refractivity contribution in [2.45, 2.75) is 19.1 Å². The maximum Gasteiger partial charge on any atom is 0.281 e. The molecule has 0 radical (unpaired) electrons. The molecule has 0 aliphatic heterocycles. The highest BCUT2D eigenvalue weighted by atomic mass is 79.9. The lowest BCUT2D eigenvalue weighted by Gasteiger charge is -2.27. The third kappa shape index (κ3) is 5.93. The van der Waals surface area contributed by atoms with Crippen LogP contribution in [0.2, 0.25) is 0 Å². The molecule has 4 rings (SSSR count). The Balaban J connectivity index is 1.49. The highest BCUT2D eigenvalue weighted by Gasteiger charge is 2.39. The number of benzene rings is 4. The zero-order valence-corrected chi connectivity index (χ0v) is 22.7. The fraction of sp³-hybridized carbons (Fsp3) is 0.103. The number of hydrazone groups is 1. The minimum atomic E-state index is -1.89. The quantitative estimate of drug-likeness (QED) is 0.178. The first-order valence-electron chi connectivity index (χ1n) is 11.2. The largest absolute Gasteiger partial charge is 0.487 e. The van der Waals surface area contributed by atoms with Crippen molar-refractivity contribution in [2.24, 2.45) is 5.10 Å². The van der Waals surface area contributed by atoms with E-state index in [9.17, 15) is 9.90 Å². The molecule has 5 nitrogen and oxygen atoms in total. The van der Waals surface area contributed by atoms with Gasteiger partial charge in [0.15, 0.2) is 5.60 Å². The summed E-state index contributed by atoms with van der Waals surface area (Å²) >= 11 is 7.11. The molecule has 1 amide bonds. The van der Waals surface area contributed by atoms with Crippen LogP contribution in [0.1, 0.15) is 27.8 Å². The van der Waals surface area contributed by atoms with Gasteiger partial charge in [0, 0.05) is 0 Å². The summed E-state index contributed by atoms with van der Waals surface area (Å²) in [5.74, 6) is 0.00613. The summed E-state index contributed by atoms with van der Waals surface area (Å²) in [5, 5.41) is 15.6. The Bertz CT molecular complexity index is 1300. The number of aryl methyl sites for hydroxylation is 1. The van der Waals surface area contributed by atoms with E-state index in [0.717, 1.165) is 20.1 Å². The number of ether oxygens (including phenoxy) is 1. The van der Waals surface area contributed by atoms with Gasteiger partial charge >= 0.3 is 0 Å². The van der Waals surface area contributed by atoms with Crippen LogP contribution in [0.3, 0.4) is 0 Å². The van der Waals surface area contributed by atoms with Crippen molar-refractivity contribution in [3.8, 4) is 5.75 Å². The van der Waals surface area contributed by atoms with Crippen LogP contribution >= 0.6 is 31.9 Å². The predicted octanol–water partition coefficient (Wildman–Crippen LogP) is 6.49. The lowest BCUT2D eigenvalue weighted by atomic mass is 9.85. The number of aliphatic hydroxyl groups is 1. The summed E-state index contributed by atoms with van der Waals surface area (Å²) < 4.78 is 7.47. The minimum absolute atomic E-state index is 0.429. The molecule has 0 aromatic heterocycles. The van der Waals surface area contributed by atoms with Gasteiger partial charge in [-0.05, 0) is 73.2 Å². The average molecular weight is 608 g/mol. The molecule has 0 spiro atoms. The first-order chi connectivity index (χ1) is 17.4. The van der Waals surface area contributed by atoms with E-state index in [0.29, 0.717) is 23.5 Å². The third-order valence-electron chi connectivity index (χ3n) is 5.62. The molecular formula is C29H24Br2N2O3. The number of carbonyl (C=O) groups is 1. The number of amides is 1. The van der Waals surface area contributed by atoms with Crippen molar-refractivity contribution in [1.29, 1.82) is 0 Å². The fourth-order valence-corrected chi connectivity index (χ4v) is 5.12. The zero-order chi connectivity index (χ0) is 25.5. The van der Waals surface area contributed by atoms with Crippen molar-refractivity contribution < 1.29 is 14.6 Å². The minimum Gasteiger partial charge on any atom is -0.487 e. The molecule has 182 valence electrons. The van der Waals surface area contributed by atoms with Gasteiger partial charge < -0.3 is 9.84 Å². The second kappa shape index (κ2) is 11.6. The maximum atomic E-state index is 13.2. The van der Waals surface area contributed by atoms with Crippen LogP contribution in [0.15, 0.2) is 111 Å². The van der Waals surface area contributed by atoms with E-state index in [-0.39, 0.29) is 0 Å². The van der Waals surface area contributed by atoms with Crippen LogP contribution < -0.4 is 10.2 Å². The Kier molecular flexibility index (Phi) is 8.36. The van der Waals surface area contributed by atoms with Crippen LogP contribution in [-0.2, 0) is 17.0 Å². The Morgan fingerprint density at radius 1 is 0.917 bits per heavy atom. The van der Waals surface area contributed by atoms with Gasteiger partial charge in [0.05, 0.1) is 15.2 Å². The highest BCUT2D eigenvalue weighted by molar-refractivity contribution is 9.11. The lowest BCUT2D eigenvalue weighted by Crippen LogP contribution is -2.43. The second-order valence-electron chi connectivity index (χ2n) is 8.23. The monoisotopic (exact) mass is 606 g/mol. The molecule has 7 heteroatoms. The van der Waals surface area contributed by atoms with E-state index in [2.05, 4.69) is 42.4 Å². The fourth-order valence-electron chi connectivity index (χ4n) is 3.67. The Labute approximate surface area is 227 Å². The molecule has 0 atom stereocenters. The normalized spacial score (nSPS) is 11.4. The molecule has 4 aromatic rings. The Hall–Kier alpha value is -3.26. The highest BCUT2D eigenvalue weighted by Crippen LogP contribution is 2.35. The molecule has 2 N–H and O–H groups in total. The standard InChI is InChI=1S/C29H24Br2N2O3/c1-20-12-14-21(15-13-20)19-36-27-25(30)16-22(17-26(27)31)18-32-33-28(34)29(35,23-8-4-2-5-9-23)24-10-6-3-7-11-24/h2-18,35H,19H2,1H3,(H,33,34)/b32-18+. The SMILES string of the molecule is Cc1ccc(COc2c(Br)cc(/C=N/NC(=O)C(O)(c3ccccc3)c3ccccc3)cc2Br)cc1. The van der Waals surface area contributed by atoms with Gasteiger partial charge in [0.2, 0.25) is 0 Å². The third-order valence-corrected chi connectivity index (χ3v) is 6.79. The summed E-state index contributed by atoms with van der Waals surface area (Å²) in [6.45, 7) is 2.48. The number of carbonyl (C=O) groups excluding carboxylic acids is 1. The van der Waals surface area contributed by atoms with Crippen molar-refractivity contribution in [2.75, 3.05) is 0 Å². The summed E-state index contributed by atoms with van der Waals surface area (Å²) in [6, 6.07) is 29.4. The number of rotatable bonds is 8. The number of halogens is 2. The topological polar surface area (TPSA) is 70.9 Å². The lowest BCUT2D eigenvalue weighted by molar-refractivity contribution is -0.136. The van der Waals surface area contributed by atoms with E-state index < -0.39 is 11.5 Å². The molecule has 0 aliphatic rings. The molecule has 0 saturated carbocycles. The van der Waals surface area contributed by atoms with E-state index in [1.807, 2.05) is 55.5 Å². The molecule has 0 heterocycles. The van der Waals surface area contributed by atoms with Crippen molar-refractivity contribution in [1.82, 2.24) is 5.43 Å². The van der Waals surface area contributed by atoms with Gasteiger partial charge in [-0.1, -0.05) is 90.5 Å². The van der Waals surface area contributed by atoms with Gasteiger partial charge in [-0.2, -0.15) is 5.10 Å². The van der Waals surface area contributed by atoms with Crippen molar-refractivity contribution >= 4 is 44.0 Å². The molecule has 0 bridgehead atoms. The molecule has 0 aliphatic carbocycles. The van der Waals surface area contributed by atoms with Gasteiger partial charge in [-0.15, -0.1) is 0 Å². The van der Waals surface area contributed by atoms with Crippen LogP contribution in [0, 0.1) is 6.92 Å². The first kappa shape index (κ1) is 25.8. The maximum absolute atomic E-state index is 13.2. The molecular weight excluding hydrogens is 584 g/mol. The van der Waals surface area contributed by atoms with Gasteiger partial charge in [-0.25, -0.2) is 5.43 Å². The van der Waals surface area contributed by atoms with Crippen LogP contribution in [0.5, 0.6) is 5.75 Å². The van der Waals surface area contributed by atoms with Crippen LogP contribution in [0.4, 0.5) is 0 Å². The average Bonchev–Trinajstić information content (AvgIpc) is 2.89. The van der Waals surface area contributed by atoms with Crippen LogP contribution in [0.25, 0.3) is 0 Å². The molecule has 0 unspecified atom stereocenters. The van der Waals surface area contributed by atoms with Gasteiger partial charge in [0.25, 0.3) is 5.91 Å². The van der Waals surface area contributed by atoms with E-state index in [1.54, 1.807) is 48.5 Å². The van der Waals surface area contributed by atoms with E-state index >= 15 is 0 Å². The second-order valence-corrected chi connectivity index (χ2v) is 9.94. The number of hydrogen-bond acceptors (Lipinski definition) is 4. The molecule has 0 saturated heterocycles. The van der Waals surface area contributed by atoms with E-state index in [1.165, 1.54) is 11.8 Å². The molecule has 0 fully saturated rings. The predicted molar refractivity (Wildman–Crippen MR) is 149 cm³/mol. The summed E-state index contributed by atoms with van der Waals surface area (Å²) in [4.78, 5) is 13.2. The molecule has 4 aromatic carbocycles. The summed E-state index contributed by atoms with van der Waals surface area (Å²) in [5.41, 5.74) is 4.48. The number of nitrogens with one attached hydrogen (secondary N) is 1. The summed E-state index contributed by atoms with van der Waals surface area (Å²) in [7, 11) is 0. The Morgan fingerprint density at radius 3 is 1.97 bits per heavy atom. The Morgan fingerprint density at radius 2 is 1.44 bits per heavy atom. The van der Waals surface area contributed by atoms with Crippen LogP contribution in [-0.4, -0.2) is 17.2 Å². The van der Waals surface area contributed by atoms with Crippen molar-refractivity contribution in [3.63, 3.8) is 0 Å². The summed E-state index contributed by atoms with van der Waals surface area (Å²) in [6.07, 6.45) is 1.51. The van der Waals surface area contributed by atoms with Gasteiger partial charge in [0.1, 0.15) is 12.4 Å².